The van der Waals surface area contributed by atoms with Gasteiger partial charge in [-0.3, -0.25) is 9.59 Å². The van der Waals surface area contributed by atoms with Crippen LogP contribution >= 0.6 is 0 Å². The molecule has 0 aromatic heterocycles. The molecular formula is C22H32O7. The maximum absolute atomic E-state index is 11.3. The molecule has 1 aliphatic carbocycles. The maximum atomic E-state index is 11.3. The van der Waals surface area contributed by atoms with E-state index in [-0.39, 0.29) is 11.5 Å². The highest BCUT2D eigenvalue weighted by atomic mass is 16.4. The van der Waals surface area contributed by atoms with E-state index in [1.54, 1.807) is 13.8 Å². The van der Waals surface area contributed by atoms with Crippen LogP contribution < -0.4 is 0 Å². The molecule has 5 N–H and O–H groups in total. The van der Waals surface area contributed by atoms with Gasteiger partial charge in [0.2, 0.25) is 5.75 Å². The van der Waals surface area contributed by atoms with Gasteiger partial charge in [-0.1, -0.05) is 12.8 Å². The van der Waals surface area contributed by atoms with Crippen molar-refractivity contribution in [3.05, 3.63) is 17.2 Å². The van der Waals surface area contributed by atoms with Crippen molar-refractivity contribution in [3.63, 3.8) is 0 Å². The van der Waals surface area contributed by atoms with Gasteiger partial charge in [-0.25, -0.2) is 0 Å². The summed E-state index contributed by atoms with van der Waals surface area (Å²) in [6.45, 7) is 3.37. The highest BCUT2D eigenvalue weighted by molar-refractivity contribution is 5.77. The number of aliphatic carboxylic acids is 2. The predicted octanol–water partition coefficient (Wildman–Crippen LogP) is 4.20. The molecule has 0 heterocycles. The molecule has 1 aliphatic rings. The van der Waals surface area contributed by atoms with Gasteiger partial charge in [0, 0.05) is 5.56 Å². The molecule has 0 bridgehead atoms. The fraction of sp³-hybridized carbons (Fsp3) is 0.636. The van der Waals surface area contributed by atoms with Crippen LogP contribution in [0.25, 0.3) is 0 Å². The summed E-state index contributed by atoms with van der Waals surface area (Å²) in [6.07, 6.45) is 6.33. The first-order valence-electron chi connectivity index (χ1n) is 10.2. The Labute approximate surface area is 171 Å². The number of carboxylic acid groups (broad SMARTS) is 2. The minimum absolute atomic E-state index is 0.328. The predicted molar refractivity (Wildman–Crippen MR) is 107 cm³/mol. The lowest BCUT2D eigenvalue weighted by atomic mass is 9.86. The quantitative estimate of drug-likeness (QED) is 0.258. The van der Waals surface area contributed by atoms with Crippen LogP contribution in [0.1, 0.15) is 76.3 Å². The SMILES string of the molecule is CC(C)(CCCCc1cc(O)c(O)c(O)c1CCCCC1(C(=O)O)CC1)C(=O)O. The van der Waals surface area contributed by atoms with E-state index >= 15 is 0 Å². The number of rotatable bonds is 12. The van der Waals surface area contributed by atoms with E-state index in [1.807, 2.05) is 0 Å². The summed E-state index contributed by atoms with van der Waals surface area (Å²) in [4.78, 5) is 22.5. The number of phenols is 3. The average molecular weight is 408 g/mol. The van der Waals surface area contributed by atoms with Crippen LogP contribution in [0, 0.1) is 10.8 Å². The number of carbonyl (C=O) groups is 2. The van der Waals surface area contributed by atoms with Crippen molar-refractivity contribution in [2.24, 2.45) is 10.8 Å². The van der Waals surface area contributed by atoms with Crippen LogP contribution in [-0.2, 0) is 22.4 Å². The lowest BCUT2D eigenvalue weighted by Crippen LogP contribution is -2.23. The van der Waals surface area contributed by atoms with Gasteiger partial charge < -0.3 is 25.5 Å². The number of hydrogen-bond acceptors (Lipinski definition) is 5. The molecule has 0 radical (unpaired) electrons. The van der Waals surface area contributed by atoms with E-state index in [0.29, 0.717) is 69.8 Å². The van der Waals surface area contributed by atoms with Crippen molar-refractivity contribution in [2.45, 2.75) is 78.1 Å². The molecule has 0 atom stereocenters. The summed E-state index contributed by atoms with van der Waals surface area (Å²) in [7, 11) is 0. The fourth-order valence-corrected chi connectivity index (χ4v) is 3.72. The van der Waals surface area contributed by atoms with Crippen molar-refractivity contribution in [1.29, 1.82) is 0 Å². The third-order valence-electron chi connectivity index (χ3n) is 6.17. The molecule has 0 aliphatic heterocycles. The monoisotopic (exact) mass is 408 g/mol. The second kappa shape index (κ2) is 8.93. The molecule has 1 saturated carbocycles. The van der Waals surface area contributed by atoms with Crippen molar-refractivity contribution in [1.82, 2.24) is 0 Å². The smallest absolute Gasteiger partial charge is 0.309 e. The van der Waals surface area contributed by atoms with E-state index in [4.69, 9.17) is 0 Å². The molecule has 7 heteroatoms. The van der Waals surface area contributed by atoms with Crippen LogP contribution in [0.5, 0.6) is 17.2 Å². The Kier molecular flexibility index (Phi) is 7.03. The van der Waals surface area contributed by atoms with Gasteiger partial charge in [-0.05, 0) is 76.8 Å². The summed E-state index contributed by atoms with van der Waals surface area (Å²) in [5, 5.41) is 48.5. The second-order valence-corrected chi connectivity index (χ2v) is 8.92. The molecule has 162 valence electrons. The highest BCUT2D eigenvalue weighted by Gasteiger charge is 2.49. The molecule has 1 aromatic rings. The van der Waals surface area contributed by atoms with Gasteiger partial charge in [0.25, 0.3) is 0 Å². The van der Waals surface area contributed by atoms with Gasteiger partial charge in [0.1, 0.15) is 0 Å². The standard InChI is InChI=1S/C22H32O7/c1-21(2,19(26)27)9-5-3-7-14-13-16(23)18(25)17(24)15(14)8-4-6-10-22(11-12-22)20(28)29/h13,23-25H,3-12H2,1-2H3,(H,26,27)(H,28,29). The Morgan fingerprint density at radius 3 is 2.14 bits per heavy atom. The Morgan fingerprint density at radius 2 is 1.59 bits per heavy atom. The summed E-state index contributed by atoms with van der Waals surface area (Å²) in [5.41, 5.74) is -0.0765. The lowest BCUT2D eigenvalue weighted by molar-refractivity contribution is -0.147. The molecule has 7 nitrogen and oxygen atoms in total. The van der Waals surface area contributed by atoms with E-state index < -0.39 is 28.5 Å². The minimum atomic E-state index is -0.840. The largest absolute Gasteiger partial charge is 0.504 e. The fourth-order valence-electron chi connectivity index (χ4n) is 3.72. The third kappa shape index (κ3) is 5.55. The Hall–Kier alpha value is -2.44. The zero-order valence-corrected chi connectivity index (χ0v) is 17.2. The molecule has 2 rings (SSSR count). The molecule has 1 fully saturated rings. The Balaban J connectivity index is 1.96. The zero-order valence-electron chi connectivity index (χ0n) is 17.2. The number of unbranched alkanes of at least 4 members (excludes halogenated alkanes) is 2. The summed E-state index contributed by atoms with van der Waals surface area (Å²) in [5.74, 6) is -2.83. The minimum Gasteiger partial charge on any atom is -0.504 e. The molecule has 29 heavy (non-hydrogen) atoms. The van der Waals surface area contributed by atoms with Crippen LogP contribution in [-0.4, -0.2) is 37.5 Å². The second-order valence-electron chi connectivity index (χ2n) is 8.92. The van der Waals surface area contributed by atoms with Gasteiger partial charge in [0.15, 0.2) is 11.5 Å². The first-order chi connectivity index (χ1) is 13.5. The molecule has 0 saturated heterocycles. The van der Waals surface area contributed by atoms with Crippen LogP contribution in [0.3, 0.4) is 0 Å². The molecule has 0 amide bonds. The maximum Gasteiger partial charge on any atom is 0.309 e. The number of benzene rings is 1. The Morgan fingerprint density at radius 1 is 0.966 bits per heavy atom. The van der Waals surface area contributed by atoms with Crippen LogP contribution in [0.15, 0.2) is 6.07 Å². The summed E-state index contributed by atoms with van der Waals surface area (Å²) in [6, 6.07) is 1.45. The first-order valence-corrected chi connectivity index (χ1v) is 10.2. The number of aryl methyl sites for hydroxylation is 1. The number of phenolic OH excluding ortho intramolecular Hbond substituents is 3. The number of aromatic hydroxyl groups is 3. The summed E-state index contributed by atoms with van der Waals surface area (Å²) < 4.78 is 0. The first kappa shape index (κ1) is 22.8. The third-order valence-corrected chi connectivity index (χ3v) is 6.17. The van der Waals surface area contributed by atoms with Gasteiger partial charge >= 0.3 is 11.9 Å². The van der Waals surface area contributed by atoms with Gasteiger partial charge in [-0.15, -0.1) is 0 Å². The van der Waals surface area contributed by atoms with E-state index in [1.165, 1.54) is 6.07 Å². The van der Waals surface area contributed by atoms with E-state index in [0.717, 1.165) is 5.56 Å². The number of carboxylic acids is 2. The van der Waals surface area contributed by atoms with Crippen molar-refractivity contribution < 1.29 is 35.1 Å². The Bertz CT molecular complexity index is 763. The van der Waals surface area contributed by atoms with Gasteiger partial charge in [0.05, 0.1) is 10.8 Å². The van der Waals surface area contributed by atoms with Crippen molar-refractivity contribution in [3.8, 4) is 17.2 Å². The number of hydrogen-bond donors (Lipinski definition) is 5. The topological polar surface area (TPSA) is 135 Å². The van der Waals surface area contributed by atoms with E-state index in [2.05, 4.69) is 0 Å². The highest BCUT2D eigenvalue weighted by Crippen LogP contribution is 2.50. The van der Waals surface area contributed by atoms with Crippen molar-refractivity contribution >= 4 is 11.9 Å². The lowest BCUT2D eigenvalue weighted by Gasteiger charge is -2.19. The summed E-state index contributed by atoms with van der Waals surface area (Å²) >= 11 is 0. The molecular weight excluding hydrogens is 376 g/mol. The average Bonchev–Trinajstić information content (AvgIpc) is 3.43. The van der Waals surface area contributed by atoms with Crippen molar-refractivity contribution in [2.75, 3.05) is 0 Å². The van der Waals surface area contributed by atoms with E-state index in [9.17, 15) is 35.1 Å². The van der Waals surface area contributed by atoms with Gasteiger partial charge in [-0.2, -0.15) is 0 Å². The van der Waals surface area contributed by atoms with Crippen LogP contribution in [0.4, 0.5) is 0 Å². The van der Waals surface area contributed by atoms with Crippen LogP contribution in [0.2, 0.25) is 0 Å². The molecule has 0 unspecified atom stereocenters. The zero-order chi connectivity index (χ0) is 21.8. The molecule has 1 aromatic carbocycles. The normalized spacial score (nSPS) is 15.2. The molecule has 0 spiro atoms.